The van der Waals surface area contributed by atoms with Crippen LogP contribution in [0.3, 0.4) is 0 Å². The van der Waals surface area contributed by atoms with E-state index in [1.54, 1.807) is 24.5 Å². The fourth-order valence-electron chi connectivity index (χ4n) is 2.30. The van der Waals surface area contributed by atoms with E-state index in [-0.39, 0.29) is 5.91 Å². The lowest BCUT2D eigenvalue weighted by Crippen LogP contribution is -2.37. The van der Waals surface area contributed by atoms with Gasteiger partial charge in [0.2, 0.25) is 5.91 Å². The maximum absolute atomic E-state index is 12.1. The van der Waals surface area contributed by atoms with Crippen molar-refractivity contribution in [3.63, 3.8) is 0 Å². The van der Waals surface area contributed by atoms with Crippen LogP contribution in [0, 0.1) is 0 Å². The smallest absolute Gasteiger partial charge is 0.241 e. The number of anilines is 1. The van der Waals surface area contributed by atoms with Crippen molar-refractivity contribution in [3.8, 4) is 0 Å². The van der Waals surface area contributed by atoms with Crippen LogP contribution in [0.1, 0.15) is 5.56 Å². The molecule has 5 nitrogen and oxygen atoms in total. The average molecular weight is 280 g/mol. The molecule has 4 N–H and O–H groups in total. The molecule has 0 radical (unpaired) electrons. The van der Waals surface area contributed by atoms with Gasteiger partial charge in [0.05, 0.1) is 6.04 Å². The second-order valence-corrected chi connectivity index (χ2v) is 4.90. The molecule has 3 rings (SSSR count). The van der Waals surface area contributed by atoms with Crippen molar-refractivity contribution in [2.24, 2.45) is 5.73 Å². The topological polar surface area (TPSA) is 83.8 Å². The van der Waals surface area contributed by atoms with Gasteiger partial charge in [-0.25, -0.2) is 0 Å². The molecule has 21 heavy (non-hydrogen) atoms. The molecular formula is C16H16N4O. The molecule has 0 aliphatic rings. The number of nitrogens with one attached hydrogen (secondary N) is 2. The molecule has 106 valence electrons. The van der Waals surface area contributed by atoms with Crippen LogP contribution in [0.15, 0.2) is 55.0 Å². The highest BCUT2D eigenvalue weighted by Gasteiger charge is 2.16. The number of benzene rings is 1. The second kappa shape index (κ2) is 5.76. The van der Waals surface area contributed by atoms with Crippen LogP contribution in [-0.4, -0.2) is 21.9 Å². The Balaban J connectivity index is 1.71. The van der Waals surface area contributed by atoms with E-state index in [4.69, 9.17) is 5.73 Å². The van der Waals surface area contributed by atoms with Gasteiger partial charge in [-0.2, -0.15) is 0 Å². The minimum atomic E-state index is -0.600. The van der Waals surface area contributed by atoms with E-state index in [1.165, 1.54) is 0 Å². The van der Waals surface area contributed by atoms with Crippen molar-refractivity contribution in [2.75, 3.05) is 5.32 Å². The lowest BCUT2D eigenvalue weighted by molar-refractivity contribution is -0.117. The van der Waals surface area contributed by atoms with Crippen LogP contribution in [0.2, 0.25) is 0 Å². The summed E-state index contributed by atoms with van der Waals surface area (Å²) < 4.78 is 0. The van der Waals surface area contributed by atoms with E-state index in [0.717, 1.165) is 16.5 Å². The fourth-order valence-corrected chi connectivity index (χ4v) is 2.30. The molecule has 0 fully saturated rings. The van der Waals surface area contributed by atoms with Gasteiger partial charge in [0.15, 0.2) is 0 Å². The second-order valence-electron chi connectivity index (χ2n) is 4.90. The summed E-state index contributed by atoms with van der Waals surface area (Å²) in [5, 5.41) is 3.89. The van der Waals surface area contributed by atoms with Gasteiger partial charge in [-0.05, 0) is 30.2 Å². The third kappa shape index (κ3) is 2.93. The van der Waals surface area contributed by atoms with Crippen LogP contribution in [-0.2, 0) is 11.2 Å². The van der Waals surface area contributed by atoms with Gasteiger partial charge < -0.3 is 16.0 Å². The highest BCUT2D eigenvalue weighted by Crippen LogP contribution is 2.19. The third-order valence-electron chi connectivity index (χ3n) is 3.40. The molecule has 0 unspecified atom stereocenters. The van der Waals surface area contributed by atoms with E-state index in [9.17, 15) is 4.79 Å². The van der Waals surface area contributed by atoms with Crippen LogP contribution >= 0.6 is 0 Å². The largest absolute Gasteiger partial charge is 0.361 e. The molecule has 1 amide bonds. The Labute approximate surface area is 122 Å². The van der Waals surface area contributed by atoms with Crippen LogP contribution in [0.5, 0.6) is 0 Å². The van der Waals surface area contributed by atoms with Crippen molar-refractivity contribution in [2.45, 2.75) is 12.5 Å². The van der Waals surface area contributed by atoms with Crippen molar-refractivity contribution in [1.82, 2.24) is 9.97 Å². The van der Waals surface area contributed by atoms with E-state index in [0.29, 0.717) is 12.1 Å². The highest BCUT2D eigenvalue weighted by molar-refractivity contribution is 5.95. The molecule has 1 atom stereocenters. The zero-order valence-corrected chi connectivity index (χ0v) is 11.4. The van der Waals surface area contributed by atoms with Gasteiger partial charge in [-0.1, -0.05) is 18.2 Å². The van der Waals surface area contributed by atoms with Crippen LogP contribution < -0.4 is 11.1 Å². The molecule has 2 heterocycles. The number of para-hydroxylation sites is 1. The quantitative estimate of drug-likeness (QED) is 0.684. The summed E-state index contributed by atoms with van der Waals surface area (Å²) in [6.07, 6.45) is 5.65. The van der Waals surface area contributed by atoms with Gasteiger partial charge in [0.25, 0.3) is 0 Å². The van der Waals surface area contributed by atoms with Gasteiger partial charge in [-0.15, -0.1) is 0 Å². The Hall–Kier alpha value is -2.66. The predicted octanol–water partition coefficient (Wildman–Crippen LogP) is 2.07. The van der Waals surface area contributed by atoms with E-state index in [2.05, 4.69) is 15.3 Å². The first-order valence-corrected chi connectivity index (χ1v) is 6.75. The van der Waals surface area contributed by atoms with E-state index < -0.39 is 6.04 Å². The third-order valence-corrected chi connectivity index (χ3v) is 3.40. The number of aromatic nitrogens is 2. The molecule has 0 saturated carbocycles. The summed E-state index contributed by atoms with van der Waals surface area (Å²) in [6.45, 7) is 0. The zero-order chi connectivity index (χ0) is 14.7. The molecule has 2 aromatic heterocycles. The summed E-state index contributed by atoms with van der Waals surface area (Å²) >= 11 is 0. The summed E-state index contributed by atoms with van der Waals surface area (Å²) in [6, 6.07) is 10.8. The molecule has 0 aliphatic carbocycles. The Morgan fingerprint density at radius 2 is 2.00 bits per heavy atom. The fraction of sp³-hybridized carbons (Fsp3) is 0.125. The zero-order valence-electron chi connectivity index (χ0n) is 11.4. The Kier molecular flexibility index (Phi) is 3.66. The normalized spacial score (nSPS) is 12.2. The first kappa shape index (κ1) is 13.3. The lowest BCUT2D eigenvalue weighted by Gasteiger charge is -2.11. The standard InChI is InChI=1S/C16H16N4O/c17-14(16(21)20-12-5-7-18-8-6-12)9-11-10-19-15-4-2-1-3-13(11)15/h1-8,10,14,19H,9,17H2,(H,18,20,21)/t14-/m1/s1. The van der Waals surface area contributed by atoms with Crippen LogP contribution in [0.25, 0.3) is 10.9 Å². The molecule has 0 aliphatic heterocycles. The number of carbonyl (C=O) groups is 1. The maximum atomic E-state index is 12.1. The Morgan fingerprint density at radius 3 is 2.81 bits per heavy atom. The minimum absolute atomic E-state index is 0.202. The Morgan fingerprint density at radius 1 is 1.24 bits per heavy atom. The van der Waals surface area contributed by atoms with Crippen LogP contribution in [0.4, 0.5) is 5.69 Å². The molecule has 0 saturated heterocycles. The average Bonchev–Trinajstić information content (AvgIpc) is 2.91. The molecule has 0 bridgehead atoms. The summed E-state index contributed by atoms with van der Waals surface area (Å²) in [7, 11) is 0. The Bertz CT molecular complexity index is 751. The molecule has 3 aromatic rings. The van der Waals surface area contributed by atoms with Gasteiger partial charge in [-0.3, -0.25) is 9.78 Å². The number of rotatable bonds is 4. The number of carbonyl (C=O) groups excluding carboxylic acids is 1. The van der Waals surface area contributed by atoms with E-state index in [1.807, 2.05) is 30.5 Å². The molecule has 0 spiro atoms. The van der Waals surface area contributed by atoms with Crippen molar-refractivity contribution >= 4 is 22.5 Å². The first-order valence-electron chi connectivity index (χ1n) is 6.75. The number of aromatic amines is 1. The lowest BCUT2D eigenvalue weighted by atomic mass is 10.1. The van der Waals surface area contributed by atoms with Crippen molar-refractivity contribution in [3.05, 3.63) is 60.6 Å². The first-order chi connectivity index (χ1) is 10.2. The number of amides is 1. The summed E-state index contributed by atoms with van der Waals surface area (Å²) in [4.78, 5) is 19.2. The highest BCUT2D eigenvalue weighted by atomic mass is 16.2. The van der Waals surface area contributed by atoms with Gasteiger partial charge >= 0.3 is 0 Å². The van der Waals surface area contributed by atoms with Gasteiger partial charge in [0, 0.05) is 35.2 Å². The minimum Gasteiger partial charge on any atom is -0.361 e. The SMILES string of the molecule is N[C@H](Cc1c[nH]c2ccccc12)C(=O)Nc1ccncc1. The number of fused-ring (bicyclic) bond motifs is 1. The predicted molar refractivity (Wildman–Crippen MR) is 82.8 cm³/mol. The number of hydrogen-bond donors (Lipinski definition) is 3. The summed E-state index contributed by atoms with van der Waals surface area (Å²) in [5.41, 5.74) is 8.80. The molecule has 1 aromatic carbocycles. The number of H-pyrrole nitrogens is 1. The maximum Gasteiger partial charge on any atom is 0.241 e. The summed E-state index contributed by atoms with van der Waals surface area (Å²) in [5.74, 6) is -0.202. The number of nitrogens with zero attached hydrogens (tertiary/aromatic N) is 1. The molecular weight excluding hydrogens is 264 g/mol. The number of pyridine rings is 1. The number of nitrogens with two attached hydrogens (primary N) is 1. The monoisotopic (exact) mass is 280 g/mol. The van der Waals surface area contributed by atoms with E-state index >= 15 is 0 Å². The van der Waals surface area contributed by atoms with Crippen molar-refractivity contribution < 1.29 is 4.79 Å². The number of hydrogen-bond acceptors (Lipinski definition) is 3. The van der Waals surface area contributed by atoms with Crippen molar-refractivity contribution in [1.29, 1.82) is 0 Å². The van der Waals surface area contributed by atoms with Gasteiger partial charge in [0.1, 0.15) is 0 Å². The molecule has 5 heteroatoms.